The molecule has 0 saturated carbocycles. The topological polar surface area (TPSA) is 55.3 Å². The Morgan fingerprint density at radius 1 is 1.14 bits per heavy atom. The van der Waals surface area contributed by atoms with Gasteiger partial charge in [0.25, 0.3) is 0 Å². The Bertz CT molecular complexity index is 764. The summed E-state index contributed by atoms with van der Waals surface area (Å²) in [6.07, 6.45) is 0. The number of aromatic nitrogens is 1. The molecule has 0 amide bonds. The summed E-state index contributed by atoms with van der Waals surface area (Å²) in [4.78, 5) is 6.67. The van der Waals surface area contributed by atoms with Gasteiger partial charge in [-0.1, -0.05) is 29.8 Å². The van der Waals surface area contributed by atoms with Crippen LogP contribution >= 0.6 is 0 Å². The normalized spacial score (nSPS) is 11.4. The smallest absolute Gasteiger partial charge is 0.209 e. The highest BCUT2D eigenvalue weighted by Gasteiger charge is 2.09. The molecule has 0 fully saturated rings. The first-order chi connectivity index (χ1) is 10.1. The fourth-order valence-electron chi connectivity index (χ4n) is 2.47. The number of nitrogens with two attached hydrogens (primary N) is 1. The Balaban J connectivity index is 1.72. The van der Waals surface area contributed by atoms with Crippen molar-refractivity contribution in [1.82, 2.24) is 9.88 Å². The van der Waals surface area contributed by atoms with E-state index >= 15 is 0 Å². The van der Waals surface area contributed by atoms with Gasteiger partial charge in [0, 0.05) is 12.2 Å². The first kappa shape index (κ1) is 13.6. The number of anilines is 1. The van der Waals surface area contributed by atoms with Gasteiger partial charge in [-0.05, 0) is 37.7 Å². The first-order valence-electron chi connectivity index (χ1n) is 6.99. The van der Waals surface area contributed by atoms with Crippen LogP contribution in [0.1, 0.15) is 17.0 Å². The fraction of sp³-hybridized carbons (Fsp3) is 0.235. The highest BCUT2D eigenvalue weighted by atomic mass is 16.3. The van der Waals surface area contributed by atoms with E-state index in [9.17, 15) is 0 Å². The molecule has 3 rings (SSSR count). The second-order valence-corrected chi connectivity index (χ2v) is 5.50. The van der Waals surface area contributed by atoms with Crippen molar-refractivity contribution in [3.05, 3.63) is 59.5 Å². The van der Waals surface area contributed by atoms with E-state index in [0.29, 0.717) is 18.1 Å². The van der Waals surface area contributed by atoms with Gasteiger partial charge >= 0.3 is 0 Å². The van der Waals surface area contributed by atoms with E-state index < -0.39 is 0 Å². The lowest BCUT2D eigenvalue weighted by atomic mass is 10.1. The molecule has 3 aromatic rings. The lowest BCUT2D eigenvalue weighted by molar-refractivity contribution is 0.285. The monoisotopic (exact) mass is 281 g/mol. The predicted octanol–water partition coefficient (Wildman–Crippen LogP) is 3.35. The van der Waals surface area contributed by atoms with Gasteiger partial charge in [0.15, 0.2) is 5.58 Å². The largest absolute Gasteiger partial charge is 0.439 e. The van der Waals surface area contributed by atoms with Crippen LogP contribution in [0.4, 0.5) is 5.69 Å². The van der Waals surface area contributed by atoms with Gasteiger partial charge in [0.05, 0.1) is 6.54 Å². The van der Waals surface area contributed by atoms with E-state index in [1.165, 1.54) is 11.1 Å². The highest BCUT2D eigenvalue weighted by molar-refractivity contribution is 5.76. The number of fused-ring (bicyclic) bond motifs is 1. The molecular formula is C17H19N3O. The van der Waals surface area contributed by atoms with Crippen LogP contribution in [0.2, 0.25) is 0 Å². The maximum atomic E-state index is 5.76. The van der Waals surface area contributed by atoms with Crippen molar-refractivity contribution < 1.29 is 4.42 Å². The summed E-state index contributed by atoms with van der Waals surface area (Å²) in [6.45, 7) is 3.64. The molecule has 4 nitrogen and oxygen atoms in total. The van der Waals surface area contributed by atoms with Crippen LogP contribution in [0.25, 0.3) is 11.1 Å². The quantitative estimate of drug-likeness (QED) is 0.745. The van der Waals surface area contributed by atoms with Crippen molar-refractivity contribution in [2.45, 2.75) is 20.0 Å². The number of hydrogen-bond acceptors (Lipinski definition) is 4. The molecule has 0 unspecified atom stereocenters. The molecule has 2 N–H and O–H groups in total. The number of rotatable bonds is 4. The SMILES string of the molecule is Cc1cccc(CN(C)Cc2nc3cc(N)ccc3o2)c1. The molecule has 0 atom stereocenters. The molecular weight excluding hydrogens is 262 g/mol. The van der Waals surface area contributed by atoms with E-state index in [1.54, 1.807) is 0 Å². The fourth-order valence-corrected chi connectivity index (χ4v) is 2.47. The highest BCUT2D eigenvalue weighted by Crippen LogP contribution is 2.19. The van der Waals surface area contributed by atoms with Crippen molar-refractivity contribution in [1.29, 1.82) is 0 Å². The van der Waals surface area contributed by atoms with E-state index in [-0.39, 0.29) is 0 Å². The maximum absolute atomic E-state index is 5.76. The molecule has 2 aromatic carbocycles. The molecule has 0 radical (unpaired) electrons. The minimum absolute atomic E-state index is 0.669. The molecule has 0 aliphatic rings. The van der Waals surface area contributed by atoms with Crippen LogP contribution in [0.5, 0.6) is 0 Å². The van der Waals surface area contributed by atoms with Crippen molar-refractivity contribution >= 4 is 16.8 Å². The number of nitrogens with zero attached hydrogens (tertiary/aromatic N) is 2. The summed E-state index contributed by atoms with van der Waals surface area (Å²) < 4.78 is 5.75. The molecule has 0 aliphatic heterocycles. The van der Waals surface area contributed by atoms with Gasteiger partial charge in [-0.3, -0.25) is 4.90 Å². The Morgan fingerprint density at radius 2 is 2.00 bits per heavy atom. The molecule has 108 valence electrons. The zero-order chi connectivity index (χ0) is 14.8. The van der Waals surface area contributed by atoms with Crippen LogP contribution in [0.15, 0.2) is 46.9 Å². The van der Waals surface area contributed by atoms with E-state index in [0.717, 1.165) is 17.6 Å². The van der Waals surface area contributed by atoms with Crippen molar-refractivity contribution in [2.24, 2.45) is 0 Å². The molecule has 0 aliphatic carbocycles. The van der Waals surface area contributed by atoms with Crippen LogP contribution in [-0.2, 0) is 13.1 Å². The molecule has 1 aromatic heterocycles. The number of aryl methyl sites for hydroxylation is 1. The summed E-state index contributed by atoms with van der Waals surface area (Å²) in [5.41, 5.74) is 10.6. The van der Waals surface area contributed by atoms with Gasteiger partial charge < -0.3 is 10.2 Å². The first-order valence-corrected chi connectivity index (χ1v) is 6.99. The minimum atomic E-state index is 0.669. The summed E-state index contributed by atoms with van der Waals surface area (Å²) >= 11 is 0. The molecule has 4 heteroatoms. The van der Waals surface area contributed by atoms with Crippen LogP contribution < -0.4 is 5.73 Å². The maximum Gasteiger partial charge on any atom is 0.209 e. The standard InChI is InChI=1S/C17H19N3O/c1-12-4-3-5-13(8-12)10-20(2)11-17-19-15-9-14(18)6-7-16(15)21-17/h3-9H,10-11,18H2,1-2H3. The lowest BCUT2D eigenvalue weighted by Gasteiger charge is -2.14. The summed E-state index contributed by atoms with van der Waals surface area (Å²) in [5.74, 6) is 0.714. The Labute approximate surface area is 124 Å². The third-order valence-electron chi connectivity index (χ3n) is 3.40. The van der Waals surface area contributed by atoms with E-state index in [1.807, 2.05) is 18.2 Å². The predicted molar refractivity (Wildman–Crippen MR) is 84.8 cm³/mol. The van der Waals surface area contributed by atoms with Gasteiger partial charge in [-0.15, -0.1) is 0 Å². The Hall–Kier alpha value is -2.33. The lowest BCUT2D eigenvalue weighted by Crippen LogP contribution is -2.17. The van der Waals surface area contributed by atoms with Gasteiger partial charge in [0.2, 0.25) is 5.89 Å². The van der Waals surface area contributed by atoms with Gasteiger partial charge in [-0.25, -0.2) is 4.98 Å². The van der Waals surface area contributed by atoms with Crippen LogP contribution in [-0.4, -0.2) is 16.9 Å². The second kappa shape index (κ2) is 5.58. The molecule has 0 bridgehead atoms. The van der Waals surface area contributed by atoms with Gasteiger partial charge in [-0.2, -0.15) is 0 Å². The average molecular weight is 281 g/mol. The summed E-state index contributed by atoms with van der Waals surface area (Å²) in [7, 11) is 2.06. The number of nitrogen functional groups attached to an aromatic ring is 1. The van der Waals surface area contributed by atoms with Crippen LogP contribution in [0.3, 0.4) is 0 Å². The molecule has 0 spiro atoms. The Morgan fingerprint density at radius 3 is 2.81 bits per heavy atom. The minimum Gasteiger partial charge on any atom is -0.439 e. The summed E-state index contributed by atoms with van der Waals surface area (Å²) in [5, 5.41) is 0. The third-order valence-corrected chi connectivity index (χ3v) is 3.40. The molecule has 21 heavy (non-hydrogen) atoms. The van der Waals surface area contributed by atoms with Gasteiger partial charge in [0.1, 0.15) is 5.52 Å². The number of hydrogen-bond donors (Lipinski definition) is 1. The summed E-state index contributed by atoms with van der Waals surface area (Å²) in [6, 6.07) is 14.0. The number of benzene rings is 2. The molecule has 0 saturated heterocycles. The number of oxazole rings is 1. The van der Waals surface area contributed by atoms with Crippen molar-refractivity contribution in [3.63, 3.8) is 0 Å². The van der Waals surface area contributed by atoms with Crippen LogP contribution in [0, 0.1) is 6.92 Å². The van der Waals surface area contributed by atoms with Crippen molar-refractivity contribution in [3.8, 4) is 0 Å². The van der Waals surface area contributed by atoms with Crippen molar-refractivity contribution in [2.75, 3.05) is 12.8 Å². The van der Waals surface area contributed by atoms with E-state index in [2.05, 4.69) is 48.1 Å². The Kier molecular flexibility index (Phi) is 3.62. The third kappa shape index (κ3) is 3.23. The zero-order valence-corrected chi connectivity index (χ0v) is 12.3. The molecule has 1 heterocycles. The van der Waals surface area contributed by atoms with E-state index in [4.69, 9.17) is 10.2 Å². The second-order valence-electron chi connectivity index (χ2n) is 5.50. The average Bonchev–Trinajstić information content (AvgIpc) is 2.79. The zero-order valence-electron chi connectivity index (χ0n) is 12.3.